The van der Waals surface area contributed by atoms with Crippen molar-refractivity contribution in [2.24, 2.45) is 0 Å². The van der Waals surface area contributed by atoms with Gasteiger partial charge in [-0.2, -0.15) is 13.2 Å². The molecule has 0 aliphatic carbocycles. The normalized spacial score (nSPS) is 16.8. The summed E-state index contributed by atoms with van der Waals surface area (Å²) in [5.74, 6) is 0.103. The summed E-state index contributed by atoms with van der Waals surface area (Å²) < 4.78 is 56.3. The third kappa shape index (κ3) is 5.66. The maximum atomic E-state index is 13.1. The summed E-state index contributed by atoms with van der Waals surface area (Å²) in [6.07, 6.45) is -4.56. The van der Waals surface area contributed by atoms with Crippen LogP contribution in [0.15, 0.2) is 48.0 Å². The lowest BCUT2D eigenvalue weighted by Gasteiger charge is -2.31. The first-order chi connectivity index (χ1) is 15.8. The monoisotopic (exact) mass is 463 g/mol. The number of morpholine rings is 1. The molecule has 0 radical (unpaired) electrons. The predicted octanol–water partition coefficient (Wildman–Crippen LogP) is 4.09. The summed E-state index contributed by atoms with van der Waals surface area (Å²) in [6, 6.07) is 10.3. The smallest absolute Gasteiger partial charge is 0.416 e. The minimum Gasteiger partial charge on any atom is -0.493 e. The van der Waals surface area contributed by atoms with Crippen molar-refractivity contribution in [2.75, 3.05) is 46.1 Å². The van der Waals surface area contributed by atoms with Crippen molar-refractivity contribution in [1.29, 1.82) is 0 Å². The molecule has 176 valence electrons. The number of alkyl halides is 3. The Hall–Kier alpha value is -3.04. The van der Waals surface area contributed by atoms with Crippen molar-refractivity contribution >= 4 is 11.5 Å². The van der Waals surface area contributed by atoms with Gasteiger partial charge in [0.2, 0.25) is 0 Å². The second kappa shape index (κ2) is 9.84. The summed E-state index contributed by atoms with van der Waals surface area (Å²) >= 11 is 0. The van der Waals surface area contributed by atoms with E-state index in [0.29, 0.717) is 49.0 Å². The quantitative estimate of drug-likeness (QED) is 0.668. The molecule has 0 spiro atoms. The van der Waals surface area contributed by atoms with E-state index in [-0.39, 0.29) is 13.0 Å². The van der Waals surface area contributed by atoms with E-state index in [2.05, 4.69) is 4.90 Å². The number of carboxylic acids is 1. The Morgan fingerprint density at radius 1 is 1.09 bits per heavy atom. The van der Waals surface area contributed by atoms with Crippen molar-refractivity contribution in [3.05, 3.63) is 64.7 Å². The molecule has 2 aliphatic heterocycles. The Balaban J connectivity index is 1.71. The largest absolute Gasteiger partial charge is 0.493 e. The highest BCUT2D eigenvalue weighted by atomic mass is 19.4. The van der Waals surface area contributed by atoms with E-state index in [1.54, 1.807) is 18.2 Å². The number of halogens is 3. The Morgan fingerprint density at radius 3 is 2.48 bits per heavy atom. The van der Waals surface area contributed by atoms with Crippen LogP contribution in [-0.4, -0.2) is 62.0 Å². The predicted molar refractivity (Wildman–Crippen MR) is 114 cm³/mol. The second-order valence-corrected chi connectivity index (χ2v) is 7.88. The van der Waals surface area contributed by atoms with Crippen LogP contribution in [0.25, 0.3) is 5.57 Å². The maximum Gasteiger partial charge on any atom is 0.416 e. The van der Waals surface area contributed by atoms with Gasteiger partial charge >= 0.3 is 12.1 Å². The standard InChI is InChI=1S/C24H24F3NO5/c25-24(26,27)18-3-1-16(2-4-18)23-17(14-28-8-11-31-12-9-28)15-33-21-6-5-19(13-20(21)23)32-10-7-22(29)30/h1-6,13H,7-12,14-15H2,(H,29,30). The van der Waals surface area contributed by atoms with E-state index in [1.165, 1.54) is 12.1 Å². The lowest BCUT2D eigenvalue weighted by molar-refractivity contribution is -0.138. The topological polar surface area (TPSA) is 68.2 Å². The van der Waals surface area contributed by atoms with Crippen LogP contribution in [0, 0.1) is 0 Å². The molecule has 0 atom stereocenters. The highest BCUT2D eigenvalue weighted by Gasteiger charge is 2.31. The highest BCUT2D eigenvalue weighted by Crippen LogP contribution is 2.40. The molecular weight excluding hydrogens is 439 g/mol. The maximum absolute atomic E-state index is 13.1. The van der Waals surface area contributed by atoms with Crippen molar-refractivity contribution < 1.29 is 37.3 Å². The van der Waals surface area contributed by atoms with Gasteiger partial charge in [0, 0.05) is 25.2 Å². The number of hydrogen-bond donors (Lipinski definition) is 1. The molecule has 6 nitrogen and oxygen atoms in total. The minimum absolute atomic E-state index is 0.00887. The van der Waals surface area contributed by atoms with Gasteiger partial charge in [-0.1, -0.05) is 12.1 Å². The molecule has 0 unspecified atom stereocenters. The summed E-state index contributed by atoms with van der Waals surface area (Å²) in [4.78, 5) is 13.0. The number of benzene rings is 2. The van der Waals surface area contributed by atoms with Gasteiger partial charge in [0.1, 0.15) is 18.1 Å². The van der Waals surface area contributed by atoms with E-state index >= 15 is 0 Å². The fourth-order valence-electron chi connectivity index (χ4n) is 3.94. The van der Waals surface area contributed by atoms with Gasteiger partial charge in [-0.25, -0.2) is 0 Å². The van der Waals surface area contributed by atoms with Crippen molar-refractivity contribution in [3.8, 4) is 11.5 Å². The Labute approximate surface area is 189 Å². The Bertz CT molecular complexity index is 1030. The number of rotatable bonds is 7. The fourth-order valence-corrected chi connectivity index (χ4v) is 3.94. The fraction of sp³-hybridized carbons (Fsp3) is 0.375. The van der Waals surface area contributed by atoms with Crippen LogP contribution < -0.4 is 9.47 Å². The molecule has 2 heterocycles. The van der Waals surface area contributed by atoms with Crippen LogP contribution >= 0.6 is 0 Å². The van der Waals surface area contributed by atoms with E-state index in [0.717, 1.165) is 36.4 Å². The lowest BCUT2D eigenvalue weighted by Crippen LogP contribution is -2.38. The van der Waals surface area contributed by atoms with Gasteiger partial charge < -0.3 is 19.3 Å². The molecule has 0 saturated carbocycles. The van der Waals surface area contributed by atoms with Crippen molar-refractivity contribution in [3.63, 3.8) is 0 Å². The zero-order valence-corrected chi connectivity index (χ0v) is 17.9. The van der Waals surface area contributed by atoms with E-state index in [1.807, 2.05) is 0 Å². The lowest BCUT2D eigenvalue weighted by atomic mass is 9.90. The third-order valence-corrected chi connectivity index (χ3v) is 5.58. The van der Waals surface area contributed by atoms with Crippen molar-refractivity contribution in [1.82, 2.24) is 4.90 Å². The molecular formula is C24H24F3NO5. The van der Waals surface area contributed by atoms with Gasteiger partial charge in [0.05, 0.1) is 31.8 Å². The van der Waals surface area contributed by atoms with E-state index in [4.69, 9.17) is 19.3 Å². The van der Waals surface area contributed by atoms with E-state index < -0.39 is 17.7 Å². The van der Waals surface area contributed by atoms with Gasteiger partial charge in [0.25, 0.3) is 0 Å². The number of hydrogen-bond acceptors (Lipinski definition) is 5. The summed E-state index contributed by atoms with van der Waals surface area (Å²) in [5.41, 5.74) is 2.40. The van der Waals surface area contributed by atoms with Gasteiger partial charge in [-0.15, -0.1) is 0 Å². The van der Waals surface area contributed by atoms with Crippen LogP contribution in [0.1, 0.15) is 23.1 Å². The number of carbonyl (C=O) groups is 1. The molecule has 9 heteroatoms. The van der Waals surface area contributed by atoms with Crippen LogP contribution in [-0.2, 0) is 15.7 Å². The SMILES string of the molecule is O=C(O)CCOc1ccc2c(c1)C(c1ccc(C(F)(F)F)cc1)=C(CN1CCOCC1)CO2. The van der Waals surface area contributed by atoms with Crippen LogP contribution in [0.4, 0.5) is 13.2 Å². The minimum atomic E-state index is -4.41. The molecule has 1 saturated heterocycles. The zero-order valence-electron chi connectivity index (χ0n) is 17.9. The molecule has 0 aromatic heterocycles. The summed E-state index contributed by atoms with van der Waals surface area (Å²) in [5, 5.41) is 8.84. The number of ether oxygens (including phenoxy) is 3. The first-order valence-electron chi connectivity index (χ1n) is 10.6. The van der Waals surface area contributed by atoms with Crippen molar-refractivity contribution in [2.45, 2.75) is 12.6 Å². The molecule has 4 rings (SSSR count). The molecule has 0 amide bonds. The Kier molecular flexibility index (Phi) is 6.90. The zero-order chi connectivity index (χ0) is 23.4. The molecule has 2 aromatic rings. The number of fused-ring (bicyclic) bond motifs is 1. The van der Waals surface area contributed by atoms with E-state index in [9.17, 15) is 18.0 Å². The third-order valence-electron chi connectivity index (χ3n) is 5.58. The number of carboxylic acid groups (broad SMARTS) is 1. The molecule has 0 bridgehead atoms. The average Bonchev–Trinajstić information content (AvgIpc) is 2.79. The molecule has 1 fully saturated rings. The highest BCUT2D eigenvalue weighted by molar-refractivity contribution is 5.87. The van der Waals surface area contributed by atoms with Crippen LogP contribution in [0.2, 0.25) is 0 Å². The van der Waals surface area contributed by atoms with Gasteiger partial charge in [-0.3, -0.25) is 9.69 Å². The van der Waals surface area contributed by atoms with Crippen LogP contribution in [0.5, 0.6) is 11.5 Å². The summed E-state index contributed by atoms with van der Waals surface area (Å²) in [6.45, 7) is 3.70. The number of aliphatic carboxylic acids is 1. The molecule has 2 aromatic carbocycles. The first-order valence-corrected chi connectivity index (χ1v) is 10.6. The Morgan fingerprint density at radius 2 is 1.82 bits per heavy atom. The second-order valence-electron chi connectivity index (χ2n) is 7.88. The molecule has 2 aliphatic rings. The molecule has 33 heavy (non-hydrogen) atoms. The first kappa shape index (κ1) is 23.1. The van der Waals surface area contributed by atoms with Gasteiger partial charge in [-0.05, 0) is 47.0 Å². The number of nitrogens with zero attached hydrogens (tertiary/aromatic N) is 1. The average molecular weight is 463 g/mol. The van der Waals surface area contributed by atoms with Gasteiger partial charge in [0.15, 0.2) is 0 Å². The molecule has 1 N–H and O–H groups in total. The van der Waals surface area contributed by atoms with Crippen LogP contribution in [0.3, 0.4) is 0 Å². The summed E-state index contributed by atoms with van der Waals surface area (Å²) in [7, 11) is 0.